The van der Waals surface area contributed by atoms with Crippen LogP contribution in [0.15, 0.2) is 18.6 Å². The zero-order valence-electron chi connectivity index (χ0n) is 7.57. The monoisotopic (exact) mass is 171 g/mol. The number of nitrogens with zero attached hydrogens (tertiary/aromatic N) is 3. The first-order valence-corrected chi connectivity index (χ1v) is 4.39. The molecule has 0 amide bonds. The van der Waals surface area contributed by atoms with E-state index in [4.69, 9.17) is 7.85 Å². The summed E-state index contributed by atoms with van der Waals surface area (Å²) in [5.41, 5.74) is 2.44. The van der Waals surface area contributed by atoms with E-state index in [2.05, 4.69) is 16.9 Å². The second-order valence-corrected chi connectivity index (χ2v) is 3.02. The summed E-state index contributed by atoms with van der Waals surface area (Å²) in [4.78, 5) is 8.48. The molecule has 0 unspecified atom stereocenters. The zero-order valence-corrected chi connectivity index (χ0v) is 7.57. The predicted octanol–water partition coefficient (Wildman–Crippen LogP) is 0.476. The number of aryl methyl sites for hydroxylation is 1. The molecule has 0 N–H and O–H groups in total. The summed E-state index contributed by atoms with van der Waals surface area (Å²) in [5.74, 6) is 0. The van der Waals surface area contributed by atoms with Gasteiger partial charge in [-0.25, -0.2) is 4.98 Å². The lowest BCUT2D eigenvalue weighted by molar-refractivity contribution is 0.880. The quantitative estimate of drug-likeness (QED) is 0.615. The Labute approximate surface area is 78.2 Å². The fourth-order valence-corrected chi connectivity index (χ4v) is 1.42. The van der Waals surface area contributed by atoms with Gasteiger partial charge in [-0.3, -0.25) is 4.98 Å². The highest BCUT2D eigenvalue weighted by molar-refractivity contribution is 6.30. The van der Waals surface area contributed by atoms with Crippen LogP contribution < -0.4 is 5.59 Å². The van der Waals surface area contributed by atoms with Gasteiger partial charge in [0, 0.05) is 24.2 Å². The predicted molar refractivity (Wildman–Crippen MR) is 52.4 cm³/mol. The van der Waals surface area contributed by atoms with Gasteiger partial charge >= 0.3 is 0 Å². The van der Waals surface area contributed by atoms with Crippen LogP contribution >= 0.6 is 0 Å². The summed E-state index contributed by atoms with van der Waals surface area (Å²) < 4.78 is 1.91. The molecule has 0 spiro atoms. The van der Waals surface area contributed by atoms with Crippen molar-refractivity contribution < 1.29 is 0 Å². The smallest absolute Gasteiger partial charge is 0.158 e. The molecule has 0 aromatic carbocycles. The Bertz CT molecular complexity index is 422. The van der Waals surface area contributed by atoms with E-state index in [0.29, 0.717) is 5.59 Å². The Balaban J connectivity index is 2.63. The van der Waals surface area contributed by atoms with Gasteiger partial charge in [-0.2, -0.15) is 0 Å². The average Bonchev–Trinajstić information content (AvgIpc) is 2.52. The summed E-state index contributed by atoms with van der Waals surface area (Å²) in [6, 6.07) is 0. The number of imidazole rings is 1. The molecule has 2 aromatic rings. The van der Waals surface area contributed by atoms with Gasteiger partial charge in [0.25, 0.3) is 0 Å². The number of aromatic nitrogens is 3. The first kappa shape index (κ1) is 8.29. The molecular weight excluding hydrogens is 161 g/mol. The first-order valence-electron chi connectivity index (χ1n) is 4.39. The normalized spacial score (nSPS) is 10.8. The molecule has 2 heterocycles. The topological polar surface area (TPSA) is 30.2 Å². The summed E-state index contributed by atoms with van der Waals surface area (Å²) >= 11 is 0. The minimum atomic E-state index is 0.550. The number of hydrogen-bond donors (Lipinski definition) is 0. The van der Waals surface area contributed by atoms with E-state index in [0.717, 1.165) is 24.2 Å². The Hall–Kier alpha value is -1.32. The second kappa shape index (κ2) is 3.20. The molecule has 4 heteroatoms. The van der Waals surface area contributed by atoms with Crippen LogP contribution in [0, 0.1) is 0 Å². The third-order valence-electron chi connectivity index (χ3n) is 1.95. The van der Waals surface area contributed by atoms with E-state index < -0.39 is 0 Å². The maximum atomic E-state index is 5.65. The standard InChI is InChI=1S/C9H10BN3/c1-2-3-7-9-11-4-5-13(9)6-8(10)12-7/h4-6H,2-3H2,1H3. The highest BCUT2D eigenvalue weighted by Gasteiger charge is 2.03. The summed E-state index contributed by atoms with van der Waals surface area (Å²) in [5, 5.41) is 0. The third-order valence-corrected chi connectivity index (χ3v) is 1.95. The van der Waals surface area contributed by atoms with E-state index in [9.17, 15) is 0 Å². The van der Waals surface area contributed by atoms with E-state index in [-0.39, 0.29) is 0 Å². The molecule has 2 rings (SSSR count). The lowest BCUT2D eigenvalue weighted by Gasteiger charge is -2.02. The van der Waals surface area contributed by atoms with Crippen molar-refractivity contribution >= 4 is 19.1 Å². The van der Waals surface area contributed by atoms with E-state index in [1.165, 1.54) is 0 Å². The van der Waals surface area contributed by atoms with Crippen molar-refractivity contribution in [3.05, 3.63) is 24.3 Å². The highest BCUT2D eigenvalue weighted by Crippen LogP contribution is 2.05. The molecule has 0 aliphatic rings. The SMILES string of the molecule is [B]c1cn2ccnc2c(CCC)n1. The third kappa shape index (κ3) is 1.44. The van der Waals surface area contributed by atoms with E-state index in [1.54, 1.807) is 12.4 Å². The molecule has 0 saturated heterocycles. The molecule has 0 aliphatic carbocycles. The summed E-state index contributed by atoms with van der Waals surface area (Å²) in [6.45, 7) is 2.12. The van der Waals surface area contributed by atoms with Gasteiger partial charge in [0.1, 0.15) is 7.85 Å². The number of hydrogen-bond acceptors (Lipinski definition) is 2. The molecule has 2 aromatic heterocycles. The molecular formula is C9H10BN3. The molecule has 0 aliphatic heterocycles. The Morgan fingerprint density at radius 2 is 2.38 bits per heavy atom. The lowest BCUT2D eigenvalue weighted by Crippen LogP contribution is -2.14. The molecule has 0 atom stereocenters. The van der Waals surface area contributed by atoms with Crippen molar-refractivity contribution in [3.63, 3.8) is 0 Å². The fraction of sp³-hybridized carbons (Fsp3) is 0.333. The summed E-state index contributed by atoms with van der Waals surface area (Å²) in [6.07, 6.45) is 7.40. The van der Waals surface area contributed by atoms with E-state index in [1.807, 2.05) is 10.6 Å². The summed E-state index contributed by atoms with van der Waals surface area (Å²) in [7, 11) is 5.65. The molecule has 13 heavy (non-hydrogen) atoms. The van der Waals surface area contributed by atoms with Crippen LogP contribution in [0.2, 0.25) is 0 Å². The maximum absolute atomic E-state index is 5.65. The van der Waals surface area contributed by atoms with Crippen LogP contribution in [-0.4, -0.2) is 22.2 Å². The zero-order chi connectivity index (χ0) is 9.26. The second-order valence-electron chi connectivity index (χ2n) is 3.02. The molecule has 0 saturated carbocycles. The number of rotatable bonds is 2. The van der Waals surface area contributed by atoms with Gasteiger partial charge in [0.2, 0.25) is 0 Å². The van der Waals surface area contributed by atoms with Crippen molar-refractivity contribution in [2.45, 2.75) is 19.8 Å². The van der Waals surface area contributed by atoms with Crippen molar-refractivity contribution in [3.8, 4) is 0 Å². The van der Waals surface area contributed by atoms with Gasteiger partial charge in [0.05, 0.1) is 5.69 Å². The van der Waals surface area contributed by atoms with Gasteiger partial charge in [-0.1, -0.05) is 13.3 Å². The van der Waals surface area contributed by atoms with Crippen LogP contribution in [0.1, 0.15) is 19.0 Å². The van der Waals surface area contributed by atoms with Crippen LogP contribution in [0.5, 0.6) is 0 Å². The fourth-order valence-electron chi connectivity index (χ4n) is 1.42. The van der Waals surface area contributed by atoms with Crippen molar-refractivity contribution in [1.29, 1.82) is 0 Å². The molecule has 3 nitrogen and oxygen atoms in total. The number of fused-ring (bicyclic) bond motifs is 1. The van der Waals surface area contributed by atoms with Gasteiger partial charge in [0.15, 0.2) is 5.65 Å². The van der Waals surface area contributed by atoms with Crippen LogP contribution in [0.25, 0.3) is 5.65 Å². The van der Waals surface area contributed by atoms with Gasteiger partial charge in [-0.15, -0.1) is 0 Å². The van der Waals surface area contributed by atoms with Gasteiger partial charge < -0.3 is 4.40 Å². The average molecular weight is 171 g/mol. The van der Waals surface area contributed by atoms with Gasteiger partial charge in [-0.05, 0) is 6.42 Å². The molecule has 0 bridgehead atoms. The van der Waals surface area contributed by atoms with Crippen molar-refractivity contribution in [2.24, 2.45) is 0 Å². The van der Waals surface area contributed by atoms with Crippen molar-refractivity contribution in [1.82, 2.24) is 14.4 Å². The minimum Gasteiger partial charge on any atom is -0.305 e. The van der Waals surface area contributed by atoms with E-state index >= 15 is 0 Å². The lowest BCUT2D eigenvalue weighted by atomic mass is 10.1. The molecule has 0 fully saturated rings. The van der Waals surface area contributed by atoms with Crippen LogP contribution in [-0.2, 0) is 6.42 Å². The first-order chi connectivity index (χ1) is 6.31. The highest BCUT2D eigenvalue weighted by atomic mass is 15.0. The Kier molecular flexibility index (Phi) is 2.04. The van der Waals surface area contributed by atoms with Crippen molar-refractivity contribution in [2.75, 3.05) is 0 Å². The van der Waals surface area contributed by atoms with Crippen LogP contribution in [0.3, 0.4) is 0 Å². The minimum absolute atomic E-state index is 0.550. The maximum Gasteiger partial charge on any atom is 0.158 e. The largest absolute Gasteiger partial charge is 0.305 e. The molecule has 2 radical (unpaired) electrons. The van der Waals surface area contributed by atoms with Crippen LogP contribution in [0.4, 0.5) is 0 Å². The Morgan fingerprint density at radius 1 is 1.54 bits per heavy atom. The Morgan fingerprint density at radius 3 is 3.15 bits per heavy atom. The molecule has 64 valence electrons.